The third-order valence-electron chi connectivity index (χ3n) is 3.09. The molecule has 128 valence electrons. The van der Waals surface area contributed by atoms with Crippen molar-refractivity contribution in [1.29, 1.82) is 0 Å². The summed E-state index contributed by atoms with van der Waals surface area (Å²) in [5.41, 5.74) is -2.57. The van der Waals surface area contributed by atoms with E-state index in [0.717, 1.165) is 25.3 Å². The van der Waals surface area contributed by atoms with Gasteiger partial charge in [0.1, 0.15) is 11.6 Å². The van der Waals surface area contributed by atoms with Crippen LogP contribution in [0, 0.1) is 9.39 Å². The number of nitrogens with zero attached hydrogens (tertiary/aromatic N) is 1. The van der Waals surface area contributed by atoms with Crippen molar-refractivity contribution >= 4 is 28.6 Å². The summed E-state index contributed by atoms with van der Waals surface area (Å²) in [4.78, 5) is 14.9. The molecule has 0 bridgehead atoms. The molecule has 0 aliphatic heterocycles. The molecule has 1 aromatic carbocycles. The van der Waals surface area contributed by atoms with Gasteiger partial charge in [0.2, 0.25) is 0 Å². The highest BCUT2D eigenvalue weighted by molar-refractivity contribution is 14.1. The first kappa shape index (κ1) is 18.4. The second kappa shape index (κ2) is 6.91. The average molecular weight is 455 g/mol. The normalized spacial score (nSPS) is 11.3. The summed E-state index contributed by atoms with van der Waals surface area (Å²) in [5, 5.41) is 0. The van der Waals surface area contributed by atoms with E-state index in [1.807, 2.05) is 22.6 Å². The van der Waals surface area contributed by atoms with Gasteiger partial charge in [0.15, 0.2) is 5.69 Å². The van der Waals surface area contributed by atoms with Crippen molar-refractivity contribution in [2.75, 3.05) is 14.2 Å². The number of carbonyl (C=O) groups excluding carboxylic acids is 1. The summed E-state index contributed by atoms with van der Waals surface area (Å²) < 4.78 is 63.4. The zero-order valence-corrected chi connectivity index (χ0v) is 14.5. The van der Waals surface area contributed by atoms with E-state index in [0.29, 0.717) is 3.57 Å². The Kier molecular flexibility index (Phi) is 5.31. The summed E-state index contributed by atoms with van der Waals surface area (Å²) in [6, 6.07) is 4.41. The van der Waals surface area contributed by atoms with Gasteiger partial charge < -0.3 is 9.47 Å². The first-order valence-corrected chi connectivity index (χ1v) is 7.47. The number of halogens is 5. The van der Waals surface area contributed by atoms with E-state index in [-0.39, 0.29) is 17.0 Å². The van der Waals surface area contributed by atoms with Crippen molar-refractivity contribution in [2.45, 2.75) is 6.18 Å². The molecule has 1 heterocycles. The standard InChI is InChI=1S/C15H10F4INO3/c1-23-12-6-9(16)8(5-10(12)20)11-4-3-7(14(22)24-2)13(21-11)15(17,18)19/h3-6H,1-2H3. The number of hydrogen-bond donors (Lipinski definition) is 0. The quantitative estimate of drug-likeness (QED) is 0.394. The number of alkyl halides is 3. The lowest BCUT2D eigenvalue weighted by molar-refractivity contribution is -0.141. The Balaban J connectivity index is 2.65. The van der Waals surface area contributed by atoms with Crippen LogP contribution >= 0.6 is 22.6 Å². The molecule has 4 nitrogen and oxygen atoms in total. The first-order chi connectivity index (χ1) is 11.2. The van der Waals surface area contributed by atoms with E-state index >= 15 is 0 Å². The molecule has 0 N–H and O–H groups in total. The lowest BCUT2D eigenvalue weighted by atomic mass is 10.1. The van der Waals surface area contributed by atoms with Crippen LogP contribution in [0.2, 0.25) is 0 Å². The molecule has 0 spiro atoms. The van der Waals surface area contributed by atoms with Gasteiger partial charge in [-0.2, -0.15) is 13.2 Å². The van der Waals surface area contributed by atoms with Crippen LogP contribution < -0.4 is 4.74 Å². The lowest BCUT2D eigenvalue weighted by Gasteiger charge is -2.13. The molecule has 0 atom stereocenters. The molecule has 0 amide bonds. The zero-order valence-electron chi connectivity index (χ0n) is 12.4. The molecule has 2 aromatic rings. The number of methoxy groups -OCH3 is 2. The van der Waals surface area contributed by atoms with Gasteiger partial charge in [-0.25, -0.2) is 14.2 Å². The van der Waals surface area contributed by atoms with Crippen molar-refractivity contribution in [3.8, 4) is 17.0 Å². The van der Waals surface area contributed by atoms with Gasteiger partial charge in [0, 0.05) is 11.6 Å². The molecule has 9 heteroatoms. The molecular formula is C15H10F4INO3. The molecule has 2 rings (SSSR count). The monoisotopic (exact) mass is 455 g/mol. The number of pyridine rings is 1. The largest absolute Gasteiger partial charge is 0.496 e. The number of benzene rings is 1. The molecule has 0 aliphatic rings. The van der Waals surface area contributed by atoms with E-state index in [4.69, 9.17) is 4.74 Å². The van der Waals surface area contributed by atoms with E-state index in [1.165, 1.54) is 13.2 Å². The smallest absolute Gasteiger partial charge is 0.434 e. The Hall–Kier alpha value is -1.91. The molecule has 0 radical (unpaired) electrons. The summed E-state index contributed by atoms with van der Waals surface area (Å²) in [7, 11) is 2.31. The van der Waals surface area contributed by atoms with E-state index in [2.05, 4.69) is 9.72 Å². The average Bonchev–Trinajstić information content (AvgIpc) is 2.54. The number of ether oxygens (including phenoxy) is 2. The summed E-state index contributed by atoms with van der Waals surface area (Å²) in [6.45, 7) is 0. The number of rotatable bonds is 3. The topological polar surface area (TPSA) is 48.4 Å². The third kappa shape index (κ3) is 3.60. The minimum absolute atomic E-state index is 0.137. The molecule has 0 unspecified atom stereocenters. The number of aromatic nitrogens is 1. The highest BCUT2D eigenvalue weighted by Crippen LogP contribution is 2.35. The maximum absolute atomic E-state index is 14.2. The number of hydrogen-bond acceptors (Lipinski definition) is 4. The number of esters is 1. The predicted molar refractivity (Wildman–Crippen MR) is 85.2 cm³/mol. The molecule has 0 saturated heterocycles. The van der Waals surface area contributed by atoms with Crippen LogP contribution in [0.1, 0.15) is 16.1 Å². The lowest BCUT2D eigenvalue weighted by Crippen LogP contribution is -2.17. The van der Waals surface area contributed by atoms with Crippen LogP contribution in [0.4, 0.5) is 17.6 Å². The van der Waals surface area contributed by atoms with E-state index in [1.54, 1.807) is 0 Å². The fourth-order valence-corrected chi connectivity index (χ4v) is 2.67. The minimum atomic E-state index is -4.89. The fraction of sp³-hybridized carbons (Fsp3) is 0.200. The van der Waals surface area contributed by atoms with Gasteiger partial charge in [-0.15, -0.1) is 0 Å². The van der Waals surface area contributed by atoms with Crippen LogP contribution in [0.25, 0.3) is 11.3 Å². The van der Waals surface area contributed by atoms with Crippen molar-refractivity contribution in [3.63, 3.8) is 0 Å². The van der Waals surface area contributed by atoms with E-state index < -0.39 is 29.2 Å². The third-order valence-corrected chi connectivity index (χ3v) is 3.93. The summed E-state index contributed by atoms with van der Waals surface area (Å²) in [5.74, 6) is -1.72. The van der Waals surface area contributed by atoms with E-state index in [9.17, 15) is 22.4 Å². The van der Waals surface area contributed by atoms with Gasteiger partial charge in [-0.3, -0.25) is 0 Å². The van der Waals surface area contributed by atoms with Gasteiger partial charge in [0.25, 0.3) is 0 Å². The van der Waals surface area contributed by atoms with Crippen LogP contribution in [-0.2, 0) is 10.9 Å². The molecule has 24 heavy (non-hydrogen) atoms. The summed E-state index contributed by atoms with van der Waals surface area (Å²) >= 11 is 1.86. The fourth-order valence-electron chi connectivity index (χ4n) is 1.98. The Bertz CT molecular complexity index is 793. The minimum Gasteiger partial charge on any atom is -0.496 e. The van der Waals surface area contributed by atoms with Crippen molar-refractivity contribution in [1.82, 2.24) is 4.98 Å². The van der Waals surface area contributed by atoms with Gasteiger partial charge in [-0.05, 0) is 40.8 Å². The molecule has 1 aromatic heterocycles. The molecule has 0 aliphatic carbocycles. The Morgan fingerprint density at radius 1 is 1.21 bits per heavy atom. The second-order valence-corrected chi connectivity index (χ2v) is 5.71. The van der Waals surface area contributed by atoms with Crippen molar-refractivity contribution in [3.05, 3.63) is 44.9 Å². The maximum Gasteiger partial charge on any atom is 0.434 e. The maximum atomic E-state index is 14.2. The Morgan fingerprint density at radius 3 is 2.42 bits per heavy atom. The zero-order chi connectivity index (χ0) is 18.1. The molecule has 0 saturated carbocycles. The highest BCUT2D eigenvalue weighted by atomic mass is 127. The Morgan fingerprint density at radius 2 is 1.88 bits per heavy atom. The van der Waals surface area contributed by atoms with Gasteiger partial charge in [-0.1, -0.05) is 0 Å². The summed E-state index contributed by atoms with van der Waals surface area (Å²) in [6.07, 6.45) is -4.89. The molecular weight excluding hydrogens is 445 g/mol. The Labute approximate surface area is 147 Å². The van der Waals surface area contributed by atoms with Gasteiger partial charge >= 0.3 is 12.1 Å². The highest BCUT2D eigenvalue weighted by Gasteiger charge is 2.38. The van der Waals surface area contributed by atoms with Crippen molar-refractivity contribution < 1.29 is 31.8 Å². The first-order valence-electron chi connectivity index (χ1n) is 6.39. The van der Waals surface area contributed by atoms with Crippen LogP contribution in [0.3, 0.4) is 0 Å². The molecule has 0 fully saturated rings. The predicted octanol–water partition coefficient (Wildman–Crippen LogP) is 4.31. The van der Waals surface area contributed by atoms with Crippen molar-refractivity contribution in [2.24, 2.45) is 0 Å². The second-order valence-electron chi connectivity index (χ2n) is 4.55. The van der Waals surface area contributed by atoms with Crippen LogP contribution in [-0.4, -0.2) is 25.2 Å². The van der Waals surface area contributed by atoms with Crippen LogP contribution in [0.5, 0.6) is 5.75 Å². The SMILES string of the molecule is COC(=O)c1ccc(-c2cc(I)c(OC)cc2F)nc1C(F)(F)F. The number of carbonyl (C=O) groups is 1. The van der Waals surface area contributed by atoms with Crippen LogP contribution in [0.15, 0.2) is 24.3 Å². The van der Waals surface area contributed by atoms with Gasteiger partial charge in [0.05, 0.1) is 29.0 Å².